The maximum absolute atomic E-state index is 5.86. The highest BCUT2D eigenvalue weighted by molar-refractivity contribution is 6.30. The molecule has 0 unspecified atom stereocenters. The van der Waals surface area contributed by atoms with Crippen LogP contribution >= 0.6 is 36.4 Å². The molecule has 1 aromatic rings. The van der Waals surface area contributed by atoms with Gasteiger partial charge < -0.3 is 5.73 Å². The van der Waals surface area contributed by atoms with Crippen LogP contribution in [0.15, 0.2) is 24.3 Å². The van der Waals surface area contributed by atoms with Crippen molar-refractivity contribution in [3.05, 3.63) is 34.9 Å². The summed E-state index contributed by atoms with van der Waals surface area (Å²) in [5.41, 5.74) is 7.03. The standard InChI is InChI=1S/C13H19ClN2.2ClH/c14-13-3-1-12(2-4-13)10-16-7-5-11(9-15)6-8-16;;/h1-4,11H,5-10,15H2;2*1H. The topological polar surface area (TPSA) is 29.3 Å². The SMILES string of the molecule is Cl.Cl.NCC1CCN(Cc2ccc(Cl)cc2)CC1. The van der Waals surface area contributed by atoms with Gasteiger partial charge in [0.05, 0.1) is 0 Å². The van der Waals surface area contributed by atoms with Gasteiger partial charge in [0, 0.05) is 11.6 Å². The van der Waals surface area contributed by atoms with Gasteiger partial charge in [-0.3, -0.25) is 4.90 Å². The minimum Gasteiger partial charge on any atom is -0.330 e. The number of halogens is 3. The van der Waals surface area contributed by atoms with Crippen molar-refractivity contribution in [2.24, 2.45) is 11.7 Å². The molecule has 1 fully saturated rings. The molecule has 0 atom stereocenters. The highest BCUT2D eigenvalue weighted by atomic mass is 35.5. The molecule has 0 aliphatic carbocycles. The average molecular weight is 312 g/mol. The second kappa shape index (κ2) is 9.00. The normalized spacial score (nSPS) is 16.8. The van der Waals surface area contributed by atoms with Crippen molar-refractivity contribution in [1.29, 1.82) is 0 Å². The number of hydrogen-bond acceptors (Lipinski definition) is 2. The van der Waals surface area contributed by atoms with Crippen molar-refractivity contribution >= 4 is 36.4 Å². The minimum atomic E-state index is 0. The predicted molar refractivity (Wildman–Crippen MR) is 83.0 cm³/mol. The Morgan fingerprint density at radius 1 is 1.11 bits per heavy atom. The van der Waals surface area contributed by atoms with Gasteiger partial charge in [-0.05, 0) is 56.1 Å². The first kappa shape index (κ1) is 18.0. The van der Waals surface area contributed by atoms with Crippen molar-refractivity contribution in [2.75, 3.05) is 19.6 Å². The van der Waals surface area contributed by atoms with Crippen LogP contribution in [-0.4, -0.2) is 24.5 Å². The van der Waals surface area contributed by atoms with E-state index in [1.165, 1.54) is 31.5 Å². The van der Waals surface area contributed by atoms with Crippen LogP contribution in [0.5, 0.6) is 0 Å². The zero-order valence-corrected chi connectivity index (χ0v) is 12.7. The molecule has 104 valence electrons. The number of piperidine rings is 1. The zero-order valence-electron chi connectivity index (χ0n) is 10.3. The maximum Gasteiger partial charge on any atom is 0.0406 e. The molecule has 5 heteroatoms. The van der Waals surface area contributed by atoms with E-state index >= 15 is 0 Å². The summed E-state index contributed by atoms with van der Waals surface area (Å²) in [6.45, 7) is 4.22. The minimum absolute atomic E-state index is 0. The molecule has 0 radical (unpaired) electrons. The Morgan fingerprint density at radius 2 is 1.67 bits per heavy atom. The van der Waals surface area contributed by atoms with E-state index in [-0.39, 0.29) is 24.8 Å². The van der Waals surface area contributed by atoms with Crippen molar-refractivity contribution in [1.82, 2.24) is 4.90 Å². The first-order valence-corrected chi connectivity index (χ1v) is 6.32. The van der Waals surface area contributed by atoms with Crippen molar-refractivity contribution in [2.45, 2.75) is 19.4 Å². The molecule has 1 saturated heterocycles. The number of nitrogens with zero attached hydrogens (tertiary/aromatic N) is 1. The first-order valence-electron chi connectivity index (χ1n) is 5.95. The van der Waals surface area contributed by atoms with Gasteiger partial charge in [0.2, 0.25) is 0 Å². The fourth-order valence-electron chi connectivity index (χ4n) is 2.23. The fraction of sp³-hybridized carbons (Fsp3) is 0.538. The monoisotopic (exact) mass is 310 g/mol. The molecule has 1 aromatic carbocycles. The third-order valence-electron chi connectivity index (χ3n) is 3.36. The highest BCUT2D eigenvalue weighted by Gasteiger charge is 2.17. The quantitative estimate of drug-likeness (QED) is 0.927. The highest BCUT2D eigenvalue weighted by Crippen LogP contribution is 2.18. The number of hydrogen-bond donors (Lipinski definition) is 1. The summed E-state index contributed by atoms with van der Waals surface area (Å²) >= 11 is 5.86. The average Bonchev–Trinajstić information content (AvgIpc) is 2.33. The molecule has 2 nitrogen and oxygen atoms in total. The van der Waals surface area contributed by atoms with Crippen LogP contribution in [0.25, 0.3) is 0 Å². The third-order valence-corrected chi connectivity index (χ3v) is 3.61. The second-order valence-electron chi connectivity index (χ2n) is 4.58. The van der Waals surface area contributed by atoms with Gasteiger partial charge in [-0.2, -0.15) is 0 Å². The maximum atomic E-state index is 5.86. The van der Waals surface area contributed by atoms with Gasteiger partial charge in [0.1, 0.15) is 0 Å². The van der Waals surface area contributed by atoms with Gasteiger partial charge in [-0.1, -0.05) is 23.7 Å². The largest absolute Gasteiger partial charge is 0.330 e. The molecule has 1 aliphatic heterocycles. The number of nitrogens with two attached hydrogens (primary N) is 1. The van der Waals surface area contributed by atoms with Gasteiger partial charge >= 0.3 is 0 Å². The van der Waals surface area contributed by atoms with Crippen molar-refractivity contribution < 1.29 is 0 Å². The summed E-state index contributed by atoms with van der Waals surface area (Å²) in [6.07, 6.45) is 2.48. The molecule has 2 rings (SSSR count). The summed E-state index contributed by atoms with van der Waals surface area (Å²) in [6, 6.07) is 8.14. The Kier molecular flexibility index (Phi) is 9.01. The number of benzene rings is 1. The lowest BCUT2D eigenvalue weighted by Crippen LogP contribution is -2.35. The molecular weight excluding hydrogens is 291 g/mol. The lowest BCUT2D eigenvalue weighted by Gasteiger charge is -2.31. The Labute approximate surface area is 127 Å². The molecule has 0 saturated carbocycles. The fourth-order valence-corrected chi connectivity index (χ4v) is 2.35. The third kappa shape index (κ3) is 5.33. The van der Waals surface area contributed by atoms with Crippen LogP contribution in [0.3, 0.4) is 0 Å². The van der Waals surface area contributed by atoms with Gasteiger partial charge in [0.25, 0.3) is 0 Å². The lowest BCUT2D eigenvalue weighted by molar-refractivity contribution is 0.180. The van der Waals surface area contributed by atoms with E-state index in [4.69, 9.17) is 17.3 Å². The first-order chi connectivity index (χ1) is 7.78. The molecular formula is C13H21Cl3N2. The Hall–Kier alpha value is 0.01000. The van der Waals surface area contributed by atoms with Crippen molar-refractivity contribution in [3.63, 3.8) is 0 Å². The molecule has 0 spiro atoms. The molecule has 1 heterocycles. The van der Waals surface area contributed by atoms with Gasteiger partial charge in [-0.15, -0.1) is 24.8 Å². The number of rotatable bonds is 3. The Bertz CT molecular complexity index is 322. The molecule has 0 aromatic heterocycles. The van der Waals surface area contributed by atoms with E-state index in [2.05, 4.69) is 17.0 Å². The van der Waals surface area contributed by atoms with Crippen molar-refractivity contribution in [3.8, 4) is 0 Å². The summed E-state index contributed by atoms with van der Waals surface area (Å²) in [5, 5.41) is 0.811. The lowest BCUT2D eigenvalue weighted by atomic mass is 9.97. The Balaban J connectivity index is 0.00000144. The summed E-state index contributed by atoms with van der Waals surface area (Å²) in [5.74, 6) is 0.737. The molecule has 2 N–H and O–H groups in total. The van der Waals surface area contributed by atoms with Gasteiger partial charge in [0.15, 0.2) is 0 Å². The van der Waals surface area contributed by atoms with Crippen LogP contribution in [0, 0.1) is 5.92 Å². The van der Waals surface area contributed by atoms with E-state index in [0.717, 1.165) is 24.0 Å². The zero-order chi connectivity index (χ0) is 11.4. The second-order valence-corrected chi connectivity index (χ2v) is 5.02. The van der Waals surface area contributed by atoms with Crippen LogP contribution < -0.4 is 5.73 Å². The summed E-state index contributed by atoms with van der Waals surface area (Å²) < 4.78 is 0. The van der Waals surface area contributed by atoms with Gasteiger partial charge in [-0.25, -0.2) is 0 Å². The molecule has 1 aliphatic rings. The van der Waals surface area contributed by atoms with E-state index in [0.29, 0.717) is 0 Å². The number of likely N-dealkylation sites (tertiary alicyclic amines) is 1. The van der Waals surface area contributed by atoms with Crippen LogP contribution in [0.4, 0.5) is 0 Å². The molecule has 0 amide bonds. The summed E-state index contributed by atoms with van der Waals surface area (Å²) in [4.78, 5) is 2.50. The van der Waals surface area contributed by atoms with Crippen LogP contribution in [0.1, 0.15) is 18.4 Å². The molecule has 18 heavy (non-hydrogen) atoms. The predicted octanol–water partition coefficient (Wildman–Crippen LogP) is 3.35. The van der Waals surface area contributed by atoms with Crippen LogP contribution in [-0.2, 0) is 6.54 Å². The van der Waals surface area contributed by atoms with E-state index < -0.39 is 0 Å². The summed E-state index contributed by atoms with van der Waals surface area (Å²) in [7, 11) is 0. The molecule has 0 bridgehead atoms. The Morgan fingerprint density at radius 3 is 2.17 bits per heavy atom. The van der Waals surface area contributed by atoms with Crippen LogP contribution in [0.2, 0.25) is 5.02 Å². The van der Waals surface area contributed by atoms with E-state index in [1.807, 2.05) is 12.1 Å². The van der Waals surface area contributed by atoms with E-state index in [1.54, 1.807) is 0 Å². The van der Waals surface area contributed by atoms with E-state index in [9.17, 15) is 0 Å². The smallest absolute Gasteiger partial charge is 0.0406 e.